The van der Waals surface area contributed by atoms with Gasteiger partial charge in [0, 0.05) is 5.92 Å². The molecule has 0 bridgehead atoms. The van der Waals surface area contributed by atoms with Crippen LogP contribution in [0, 0.1) is 11.8 Å². The molecule has 0 aromatic rings. The number of hydrogen-bond donors (Lipinski definition) is 0. The summed E-state index contributed by atoms with van der Waals surface area (Å²) in [6.45, 7) is 19.7. The Hall–Kier alpha value is -0.160. The summed E-state index contributed by atoms with van der Waals surface area (Å²) in [5.41, 5.74) is -0.799. The van der Waals surface area contributed by atoms with E-state index in [2.05, 4.69) is 20.8 Å². The van der Waals surface area contributed by atoms with Crippen molar-refractivity contribution in [2.45, 2.75) is 86.2 Å². The zero-order valence-corrected chi connectivity index (χ0v) is 14.3. The first-order valence-corrected chi connectivity index (χ1v) is 7.00. The van der Waals surface area contributed by atoms with E-state index in [1.807, 2.05) is 48.5 Å². The summed E-state index contributed by atoms with van der Waals surface area (Å²) in [7, 11) is 0. The van der Waals surface area contributed by atoms with Gasteiger partial charge in [0.1, 0.15) is 0 Å². The van der Waals surface area contributed by atoms with Crippen molar-refractivity contribution in [3.05, 3.63) is 0 Å². The first-order chi connectivity index (χ1) is 8.27. The zero-order valence-electron chi connectivity index (χ0n) is 14.3. The minimum absolute atomic E-state index is 0.109. The van der Waals surface area contributed by atoms with Crippen molar-refractivity contribution < 1.29 is 19.6 Å². The highest BCUT2D eigenvalue weighted by molar-refractivity contribution is 4.73. The Bertz CT molecular complexity index is 242. The first-order valence-electron chi connectivity index (χ1n) is 7.00. The van der Waals surface area contributed by atoms with Gasteiger partial charge in [-0.05, 0) is 54.4 Å². The van der Waals surface area contributed by atoms with E-state index in [0.717, 1.165) is 0 Å². The summed E-state index contributed by atoms with van der Waals surface area (Å²) in [5.74, 6) is -0.469. The predicted octanol–water partition coefficient (Wildman–Crippen LogP) is 4.49. The lowest BCUT2D eigenvalue weighted by atomic mass is 9.90. The molecule has 0 aliphatic heterocycles. The molecule has 116 valence electrons. The van der Waals surface area contributed by atoms with Crippen LogP contribution in [0.1, 0.15) is 69.2 Å². The summed E-state index contributed by atoms with van der Waals surface area (Å²) in [6, 6.07) is 0. The standard InChI is InChI=1S/C15H32O4/c1-11(2)12(3)15(10,18-16-13(4,5)6)19-17-14(7,8)9/h11-12H,1-10H3. The van der Waals surface area contributed by atoms with Crippen LogP contribution in [0.25, 0.3) is 0 Å². The Labute approximate surface area is 118 Å². The molecule has 0 saturated heterocycles. The van der Waals surface area contributed by atoms with Gasteiger partial charge in [-0.25, -0.2) is 9.78 Å². The first kappa shape index (κ1) is 18.8. The minimum Gasteiger partial charge on any atom is -0.228 e. The van der Waals surface area contributed by atoms with Crippen LogP contribution in [0.5, 0.6) is 0 Å². The molecule has 0 saturated carbocycles. The summed E-state index contributed by atoms with van der Waals surface area (Å²) < 4.78 is 0. The topological polar surface area (TPSA) is 36.9 Å². The van der Waals surface area contributed by atoms with Crippen molar-refractivity contribution in [3.63, 3.8) is 0 Å². The van der Waals surface area contributed by atoms with Gasteiger partial charge in [0.15, 0.2) is 0 Å². The van der Waals surface area contributed by atoms with Gasteiger partial charge in [0.25, 0.3) is 0 Å². The van der Waals surface area contributed by atoms with Crippen LogP contribution in [0.2, 0.25) is 0 Å². The molecule has 0 N–H and O–H groups in total. The Morgan fingerprint density at radius 2 is 0.895 bits per heavy atom. The third kappa shape index (κ3) is 7.88. The van der Waals surface area contributed by atoms with Crippen molar-refractivity contribution in [2.24, 2.45) is 11.8 Å². The molecular weight excluding hydrogens is 244 g/mol. The van der Waals surface area contributed by atoms with E-state index >= 15 is 0 Å². The average molecular weight is 276 g/mol. The van der Waals surface area contributed by atoms with E-state index in [4.69, 9.17) is 19.6 Å². The molecule has 0 aromatic carbocycles. The van der Waals surface area contributed by atoms with Crippen molar-refractivity contribution in [2.75, 3.05) is 0 Å². The molecule has 1 unspecified atom stereocenters. The second kappa shape index (κ2) is 6.53. The molecule has 0 radical (unpaired) electrons. The maximum atomic E-state index is 5.57. The molecule has 0 rings (SSSR count). The van der Waals surface area contributed by atoms with Gasteiger partial charge in [-0.3, -0.25) is 0 Å². The second-order valence-corrected chi connectivity index (χ2v) is 7.61. The Morgan fingerprint density at radius 1 is 0.579 bits per heavy atom. The molecule has 1 atom stereocenters. The van der Waals surface area contributed by atoms with E-state index in [0.29, 0.717) is 5.92 Å². The largest absolute Gasteiger partial charge is 0.234 e. The van der Waals surface area contributed by atoms with E-state index in [9.17, 15) is 0 Å². The average Bonchev–Trinajstić information content (AvgIpc) is 2.20. The SMILES string of the molecule is CC(C)C(C)C(C)(OOC(C)(C)C)OOC(C)(C)C. The molecule has 0 amide bonds. The van der Waals surface area contributed by atoms with Crippen molar-refractivity contribution >= 4 is 0 Å². The van der Waals surface area contributed by atoms with Crippen molar-refractivity contribution in [1.29, 1.82) is 0 Å². The van der Waals surface area contributed by atoms with Crippen LogP contribution in [0.4, 0.5) is 0 Å². The molecular formula is C15H32O4. The monoisotopic (exact) mass is 276 g/mol. The quantitative estimate of drug-likeness (QED) is 0.407. The maximum absolute atomic E-state index is 5.57. The molecule has 0 heterocycles. The van der Waals surface area contributed by atoms with Crippen molar-refractivity contribution in [3.8, 4) is 0 Å². The normalized spacial score (nSPS) is 15.9. The molecule has 0 fully saturated rings. The Morgan fingerprint density at radius 3 is 1.11 bits per heavy atom. The van der Waals surface area contributed by atoms with E-state index < -0.39 is 17.0 Å². The summed E-state index contributed by atoms with van der Waals surface area (Å²) in [6.07, 6.45) is 0. The van der Waals surface area contributed by atoms with Crippen molar-refractivity contribution in [1.82, 2.24) is 0 Å². The summed E-state index contributed by atoms with van der Waals surface area (Å²) in [5, 5.41) is 0. The number of rotatable bonds is 6. The van der Waals surface area contributed by atoms with Gasteiger partial charge in [0.2, 0.25) is 5.79 Å². The highest BCUT2D eigenvalue weighted by atomic mass is 17.3. The van der Waals surface area contributed by atoms with Crippen LogP contribution in [0.15, 0.2) is 0 Å². The van der Waals surface area contributed by atoms with Crippen LogP contribution < -0.4 is 0 Å². The maximum Gasteiger partial charge on any atom is 0.234 e. The highest BCUT2D eigenvalue weighted by Gasteiger charge is 2.40. The van der Waals surface area contributed by atoms with E-state index in [-0.39, 0.29) is 5.92 Å². The lowest BCUT2D eigenvalue weighted by Gasteiger charge is -2.38. The molecule has 0 aliphatic rings. The molecule has 4 nitrogen and oxygen atoms in total. The molecule has 4 heteroatoms. The predicted molar refractivity (Wildman–Crippen MR) is 76.3 cm³/mol. The lowest BCUT2D eigenvalue weighted by Crippen LogP contribution is -2.45. The minimum atomic E-state index is -0.950. The number of hydrogen-bond acceptors (Lipinski definition) is 4. The smallest absolute Gasteiger partial charge is 0.228 e. The fourth-order valence-corrected chi connectivity index (χ4v) is 1.19. The third-order valence-corrected chi connectivity index (χ3v) is 2.74. The zero-order chi connectivity index (χ0) is 15.5. The fraction of sp³-hybridized carbons (Fsp3) is 1.00. The van der Waals surface area contributed by atoms with Gasteiger partial charge in [-0.1, -0.05) is 20.8 Å². The Kier molecular flexibility index (Phi) is 6.47. The molecule has 0 aromatic heterocycles. The van der Waals surface area contributed by atoms with Crippen LogP contribution in [0.3, 0.4) is 0 Å². The molecule has 19 heavy (non-hydrogen) atoms. The van der Waals surface area contributed by atoms with Gasteiger partial charge in [0.05, 0.1) is 11.2 Å². The molecule has 0 aliphatic carbocycles. The van der Waals surface area contributed by atoms with Crippen LogP contribution in [-0.4, -0.2) is 17.0 Å². The van der Waals surface area contributed by atoms with Gasteiger partial charge >= 0.3 is 0 Å². The summed E-state index contributed by atoms with van der Waals surface area (Å²) >= 11 is 0. The van der Waals surface area contributed by atoms with Crippen LogP contribution in [-0.2, 0) is 19.6 Å². The third-order valence-electron chi connectivity index (χ3n) is 2.74. The van der Waals surface area contributed by atoms with Gasteiger partial charge in [-0.15, -0.1) is 0 Å². The van der Waals surface area contributed by atoms with E-state index in [1.54, 1.807) is 0 Å². The lowest BCUT2D eigenvalue weighted by molar-refractivity contribution is -0.548. The highest BCUT2D eigenvalue weighted by Crippen LogP contribution is 2.32. The molecule has 0 spiro atoms. The van der Waals surface area contributed by atoms with Crippen LogP contribution >= 0.6 is 0 Å². The fourth-order valence-electron chi connectivity index (χ4n) is 1.19. The summed E-state index contributed by atoms with van der Waals surface area (Å²) in [4.78, 5) is 22.0. The Balaban J connectivity index is 4.82. The van der Waals surface area contributed by atoms with Gasteiger partial charge in [-0.2, -0.15) is 9.78 Å². The second-order valence-electron chi connectivity index (χ2n) is 7.61. The van der Waals surface area contributed by atoms with E-state index in [1.165, 1.54) is 0 Å². The van der Waals surface area contributed by atoms with Gasteiger partial charge < -0.3 is 0 Å².